The van der Waals surface area contributed by atoms with Gasteiger partial charge in [0.25, 0.3) is 0 Å². The van der Waals surface area contributed by atoms with E-state index in [4.69, 9.17) is 4.74 Å². The first-order valence-corrected chi connectivity index (χ1v) is 5.64. The van der Waals surface area contributed by atoms with Crippen molar-refractivity contribution in [3.05, 3.63) is 35.5 Å². The Morgan fingerprint density at radius 1 is 1.29 bits per heavy atom. The van der Waals surface area contributed by atoms with Crippen molar-refractivity contribution >= 4 is 0 Å². The molecule has 0 atom stereocenters. The van der Waals surface area contributed by atoms with Gasteiger partial charge < -0.3 is 9.84 Å². The minimum Gasteiger partial charge on any atom is -0.494 e. The number of H-pyrrole nitrogens is 1. The summed E-state index contributed by atoms with van der Waals surface area (Å²) in [5.74, 6) is 0.842. The molecule has 4 heteroatoms. The van der Waals surface area contributed by atoms with Crippen molar-refractivity contribution in [1.29, 1.82) is 0 Å². The monoisotopic (exact) mass is 232 g/mol. The molecule has 0 bridgehead atoms. The number of ether oxygens (including phenoxy) is 1. The fourth-order valence-corrected chi connectivity index (χ4v) is 1.76. The van der Waals surface area contributed by atoms with E-state index in [1.165, 1.54) is 0 Å². The van der Waals surface area contributed by atoms with Crippen LogP contribution in [0.3, 0.4) is 0 Å². The molecule has 90 valence electrons. The zero-order chi connectivity index (χ0) is 12.3. The highest BCUT2D eigenvalue weighted by Gasteiger charge is 2.10. The first-order chi connectivity index (χ1) is 8.26. The van der Waals surface area contributed by atoms with Crippen LogP contribution in [0.1, 0.15) is 18.2 Å². The average Bonchev–Trinajstić information content (AvgIpc) is 2.72. The molecule has 0 spiro atoms. The molecular formula is C13H16N2O2. The number of benzene rings is 1. The SMILES string of the molecule is CCOc1ccc(-c2n[nH]c(C)c2CO)cc1. The Kier molecular flexibility index (Phi) is 3.44. The molecule has 4 nitrogen and oxygen atoms in total. The second-order valence-electron chi connectivity index (χ2n) is 3.79. The van der Waals surface area contributed by atoms with E-state index in [0.29, 0.717) is 6.61 Å². The van der Waals surface area contributed by atoms with Crippen molar-refractivity contribution in [2.45, 2.75) is 20.5 Å². The number of rotatable bonds is 4. The first-order valence-electron chi connectivity index (χ1n) is 5.64. The topological polar surface area (TPSA) is 58.1 Å². The third-order valence-electron chi connectivity index (χ3n) is 2.67. The van der Waals surface area contributed by atoms with Gasteiger partial charge in [0.1, 0.15) is 5.75 Å². The van der Waals surface area contributed by atoms with Crippen LogP contribution < -0.4 is 4.74 Å². The molecule has 17 heavy (non-hydrogen) atoms. The molecule has 1 aromatic heterocycles. The Labute approximate surface area is 100 Å². The van der Waals surface area contributed by atoms with Gasteiger partial charge in [-0.15, -0.1) is 0 Å². The average molecular weight is 232 g/mol. The maximum absolute atomic E-state index is 9.30. The predicted octanol–water partition coefficient (Wildman–Crippen LogP) is 2.28. The molecule has 0 aliphatic heterocycles. The van der Waals surface area contributed by atoms with Gasteiger partial charge in [0.15, 0.2) is 0 Å². The van der Waals surface area contributed by atoms with E-state index in [9.17, 15) is 5.11 Å². The maximum Gasteiger partial charge on any atom is 0.119 e. The van der Waals surface area contributed by atoms with Gasteiger partial charge in [0, 0.05) is 16.8 Å². The van der Waals surface area contributed by atoms with Crippen molar-refractivity contribution < 1.29 is 9.84 Å². The molecule has 0 saturated heterocycles. The predicted molar refractivity (Wildman–Crippen MR) is 65.9 cm³/mol. The Hall–Kier alpha value is -1.81. The molecule has 2 aromatic rings. The Morgan fingerprint density at radius 3 is 2.59 bits per heavy atom. The molecule has 1 aromatic carbocycles. The van der Waals surface area contributed by atoms with Gasteiger partial charge in [-0.25, -0.2) is 0 Å². The number of aromatic amines is 1. The van der Waals surface area contributed by atoms with Crippen molar-refractivity contribution in [2.24, 2.45) is 0 Å². The Balaban J connectivity index is 2.33. The van der Waals surface area contributed by atoms with Crippen LogP contribution in [0.2, 0.25) is 0 Å². The van der Waals surface area contributed by atoms with E-state index in [-0.39, 0.29) is 6.61 Å². The van der Waals surface area contributed by atoms with Gasteiger partial charge in [0.2, 0.25) is 0 Å². The largest absolute Gasteiger partial charge is 0.494 e. The first kappa shape index (κ1) is 11.7. The highest BCUT2D eigenvalue weighted by molar-refractivity contribution is 5.64. The summed E-state index contributed by atoms with van der Waals surface area (Å²) in [7, 11) is 0. The number of aliphatic hydroxyl groups excluding tert-OH is 1. The number of hydrogen-bond acceptors (Lipinski definition) is 3. The van der Waals surface area contributed by atoms with E-state index >= 15 is 0 Å². The third kappa shape index (κ3) is 2.31. The molecule has 0 amide bonds. The lowest BCUT2D eigenvalue weighted by Gasteiger charge is -2.04. The van der Waals surface area contributed by atoms with Gasteiger partial charge >= 0.3 is 0 Å². The van der Waals surface area contributed by atoms with Crippen LogP contribution >= 0.6 is 0 Å². The number of aliphatic hydroxyl groups is 1. The van der Waals surface area contributed by atoms with E-state index in [0.717, 1.165) is 28.3 Å². The zero-order valence-electron chi connectivity index (χ0n) is 10.0. The second kappa shape index (κ2) is 5.01. The van der Waals surface area contributed by atoms with Crippen LogP contribution in [0.15, 0.2) is 24.3 Å². The number of nitrogens with one attached hydrogen (secondary N) is 1. The molecule has 1 heterocycles. The fourth-order valence-electron chi connectivity index (χ4n) is 1.76. The van der Waals surface area contributed by atoms with Crippen LogP contribution in [0.5, 0.6) is 5.75 Å². The highest BCUT2D eigenvalue weighted by Crippen LogP contribution is 2.25. The van der Waals surface area contributed by atoms with E-state index < -0.39 is 0 Å². The highest BCUT2D eigenvalue weighted by atomic mass is 16.5. The van der Waals surface area contributed by atoms with Gasteiger partial charge in [0.05, 0.1) is 18.9 Å². The molecule has 0 radical (unpaired) electrons. The van der Waals surface area contributed by atoms with Crippen LogP contribution in [-0.2, 0) is 6.61 Å². The van der Waals surface area contributed by atoms with E-state index in [2.05, 4.69) is 10.2 Å². The van der Waals surface area contributed by atoms with Gasteiger partial charge in [-0.1, -0.05) is 0 Å². The van der Waals surface area contributed by atoms with Crippen LogP contribution in [0, 0.1) is 6.92 Å². The molecule has 2 rings (SSSR count). The van der Waals surface area contributed by atoms with Crippen molar-refractivity contribution in [3.8, 4) is 17.0 Å². The van der Waals surface area contributed by atoms with E-state index in [1.54, 1.807) is 0 Å². The third-order valence-corrected chi connectivity index (χ3v) is 2.67. The summed E-state index contributed by atoms with van der Waals surface area (Å²) in [6, 6.07) is 7.70. The summed E-state index contributed by atoms with van der Waals surface area (Å²) in [4.78, 5) is 0. The number of aryl methyl sites for hydroxylation is 1. The standard InChI is InChI=1S/C13H16N2O2/c1-3-17-11-6-4-10(5-7-11)13-12(8-16)9(2)14-15-13/h4-7,16H,3,8H2,1-2H3,(H,14,15). The lowest BCUT2D eigenvalue weighted by Crippen LogP contribution is -1.92. The minimum absolute atomic E-state index is 0.00905. The van der Waals surface area contributed by atoms with Crippen LogP contribution in [0.25, 0.3) is 11.3 Å². The van der Waals surface area contributed by atoms with Gasteiger partial charge in [-0.2, -0.15) is 5.10 Å². The fraction of sp³-hybridized carbons (Fsp3) is 0.308. The molecular weight excluding hydrogens is 216 g/mol. The molecule has 0 aliphatic carbocycles. The number of nitrogens with zero attached hydrogens (tertiary/aromatic N) is 1. The lowest BCUT2D eigenvalue weighted by molar-refractivity contribution is 0.281. The number of aromatic nitrogens is 2. The minimum atomic E-state index is -0.00905. The number of hydrogen-bond donors (Lipinski definition) is 2. The second-order valence-corrected chi connectivity index (χ2v) is 3.79. The summed E-state index contributed by atoms with van der Waals surface area (Å²) in [5.41, 5.74) is 3.51. The van der Waals surface area contributed by atoms with Crippen LogP contribution in [0.4, 0.5) is 0 Å². The van der Waals surface area contributed by atoms with Crippen molar-refractivity contribution in [3.63, 3.8) is 0 Å². The normalized spacial score (nSPS) is 10.5. The molecule has 0 unspecified atom stereocenters. The van der Waals surface area contributed by atoms with Gasteiger partial charge in [-0.05, 0) is 38.1 Å². The van der Waals surface area contributed by atoms with E-state index in [1.807, 2.05) is 38.1 Å². The summed E-state index contributed by atoms with van der Waals surface area (Å²) < 4.78 is 5.38. The van der Waals surface area contributed by atoms with Crippen LogP contribution in [-0.4, -0.2) is 21.9 Å². The molecule has 0 fully saturated rings. The lowest BCUT2D eigenvalue weighted by atomic mass is 10.1. The quantitative estimate of drug-likeness (QED) is 0.850. The summed E-state index contributed by atoms with van der Waals surface area (Å²) in [5, 5.41) is 16.4. The Morgan fingerprint density at radius 2 is 2.00 bits per heavy atom. The van der Waals surface area contributed by atoms with Crippen molar-refractivity contribution in [1.82, 2.24) is 10.2 Å². The summed E-state index contributed by atoms with van der Waals surface area (Å²) in [6.45, 7) is 4.50. The summed E-state index contributed by atoms with van der Waals surface area (Å²) >= 11 is 0. The summed E-state index contributed by atoms with van der Waals surface area (Å²) in [6.07, 6.45) is 0. The maximum atomic E-state index is 9.30. The molecule has 0 aliphatic rings. The van der Waals surface area contributed by atoms with Crippen molar-refractivity contribution in [2.75, 3.05) is 6.61 Å². The Bertz CT molecular complexity index is 489. The smallest absolute Gasteiger partial charge is 0.119 e. The van der Waals surface area contributed by atoms with Gasteiger partial charge in [-0.3, -0.25) is 5.10 Å². The molecule has 2 N–H and O–H groups in total. The zero-order valence-corrected chi connectivity index (χ0v) is 10.0. The molecule has 0 saturated carbocycles.